The van der Waals surface area contributed by atoms with E-state index in [1.807, 2.05) is 18.2 Å². The number of carbonyl (C=O) groups excluding carboxylic acids is 1. The average molecular weight is 275 g/mol. The summed E-state index contributed by atoms with van der Waals surface area (Å²) in [5.74, 6) is 0.426. The maximum absolute atomic E-state index is 11.1. The van der Waals surface area contributed by atoms with E-state index in [4.69, 9.17) is 14.9 Å². The van der Waals surface area contributed by atoms with Gasteiger partial charge in [0.05, 0.1) is 6.10 Å². The molecule has 0 saturated carbocycles. The fraction of sp³-hybridized carbons (Fsp3) is 0.438. The number of amides is 1. The molecule has 0 radical (unpaired) electrons. The topological polar surface area (TPSA) is 65.5 Å². The zero-order valence-electron chi connectivity index (χ0n) is 12.0. The first-order valence-electron chi connectivity index (χ1n) is 7.14. The highest BCUT2D eigenvalue weighted by Gasteiger charge is 2.12. The van der Waals surface area contributed by atoms with Crippen LogP contribution in [0.15, 0.2) is 28.7 Å². The van der Waals surface area contributed by atoms with Crippen molar-refractivity contribution in [2.75, 3.05) is 0 Å². The minimum absolute atomic E-state index is 0.177. The van der Waals surface area contributed by atoms with Crippen molar-refractivity contribution in [3.05, 3.63) is 30.0 Å². The van der Waals surface area contributed by atoms with Gasteiger partial charge in [-0.1, -0.05) is 26.7 Å². The smallest absolute Gasteiger partial charge is 0.284 e. The van der Waals surface area contributed by atoms with Gasteiger partial charge in [-0.2, -0.15) is 0 Å². The molecule has 1 aromatic heterocycles. The standard InChI is InChI=1S/C16H21NO3/c1-3-5-12(6-4-2)19-13-7-8-14-11(9-13)10-15(20-14)16(17)18/h7-10,12H,3-6H2,1-2H3,(H2,17,18). The molecule has 20 heavy (non-hydrogen) atoms. The number of benzene rings is 1. The molecule has 1 aromatic carbocycles. The molecule has 108 valence electrons. The summed E-state index contributed by atoms with van der Waals surface area (Å²) in [6.07, 6.45) is 4.53. The third kappa shape index (κ3) is 3.32. The zero-order valence-corrected chi connectivity index (χ0v) is 12.0. The van der Waals surface area contributed by atoms with E-state index in [0.29, 0.717) is 5.58 Å². The summed E-state index contributed by atoms with van der Waals surface area (Å²) >= 11 is 0. The number of hydrogen-bond acceptors (Lipinski definition) is 3. The first-order chi connectivity index (χ1) is 9.63. The molecule has 2 rings (SSSR count). The van der Waals surface area contributed by atoms with Gasteiger partial charge in [0.15, 0.2) is 5.76 Å². The van der Waals surface area contributed by atoms with Gasteiger partial charge in [0.2, 0.25) is 0 Å². The number of hydrogen-bond donors (Lipinski definition) is 1. The van der Waals surface area contributed by atoms with E-state index in [9.17, 15) is 4.79 Å². The van der Waals surface area contributed by atoms with Crippen LogP contribution in [0, 0.1) is 0 Å². The molecule has 1 amide bonds. The molecule has 1 heterocycles. The Labute approximate surface area is 118 Å². The van der Waals surface area contributed by atoms with Crippen molar-refractivity contribution < 1.29 is 13.9 Å². The van der Waals surface area contributed by atoms with Crippen molar-refractivity contribution in [3.63, 3.8) is 0 Å². The van der Waals surface area contributed by atoms with Crippen LogP contribution >= 0.6 is 0 Å². The lowest BCUT2D eigenvalue weighted by Gasteiger charge is -2.17. The minimum Gasteiger partial charge on any atom is -0.490 e. The monoisotopic (exact) mass is 275 g/mol. The van der Waals surface area contributed by atoms with Gasteiger partial charge in [-0.15, -0.1) is 0 Å². The maximum atomic E-state index is 11.1. The lowest BCUT2D eigenvalue weighted by atomic mass is 10.1. The lowest BCUT2D eigenvalue weighted by molar-refractivity contribution is 0.0976. The van der Waals surface area contributed by atoms with Crippen LogP contribution in [0.1, 0.15) is 50.1 Å². The van der Waals surface area contributed by atoms with E-state index in [2.05, 4.69) is 13.8 Å². The van der Waals surface area contributed by atoms with Crippen LogP contribution in [0.2, 0.25) is 0 Å². The number of ether oxygens (including phenoxy) is 1. The van der Waals surface area contributed by atoms with Gasteiger partial charge in [0.1, 0.15) is 11.3 Å². The van der Waals surface area contributed by atoms with Crippen LogP contribution in [0.3, 0.4) is 0 Å². The quantitative estimate of drug-likeness (QED) is 0.834. The highest BCUT2D eigenvalue weighted by Crippen LogP contribution is 2.26. The van der Waals surface area contributed by atoms with E-state index in [1.165, 1.54) is 0 Å². The molecule has 4 heteroatoms. The molecular weight excluding hydrogens is 254 g/mol. The van der Waals surface area contributed by atoms with Gasteiger partial charge < -0.3 is 14.9 Å². The van der Waals surface area contributed by atoms with Crippen molar-refractivity contribution in [2.24, 2.45) is 5.73 Å². The van der Waals surface area contributed by atoms with Crippen LogP contribution in [0.5, 0.6) is 5.75 Å². The number of nitrogens with two attached hydrogens (primary N) is 1. The second-order valence-corrected chi connectivity index (χ2v) is 4.99. The highest BCUT2D eigenvalue weighted by molar-refractivity contribution is 5.95. The Bertz CT molecular complexity index is 582. The van der Waals surface area contributed by atoms with Crippen LogP contribution in [0.25, 0.3) is 11.0 Å². The normalized spacial score (nSPS) is 11.2. The van der Waals surface area contributed by atoms with E-state index >= 15 is 0 Å². The summed E-state index contributed by atoms with van der Waals surface area (Å²) in [6.45, 7) is 4.31. The van der Waals surface area contributed by atoms with Crippen molar-refractivity contribution in [3.8, 4) is 5.75 Å². The molecule has 0 aliphatic heterocycles. The van der Waals surface area contributed by atoms with Gasteiger partial charge in [-0.05, 0) is 37.1 Å². The van der Waals surface area contributed by atoms with Crippen LogP contribution in [-0.4, -0.2) is 12.0 Å². The van der Waals surface area contributed by atoms with Gasteiger partial charge in [-0.3, -0.25) is 4.79 Å². The van der Waals surface area contributed by atoms with E-state index in [-0.39, 0.29) is 11.9 Å². The maximum Gasteiger partial charge on any atom is 0.284 e. The fourth-order valence-electron chi connectivity index (χ4n) is 2.31. The Balaban J connectivity index is 2.19. The molecule has 0 fully saturated rings. The molecule has 2 N–H and O–H groups in total. The molecule has 4 nitrogen and oxygen atoms in total. The molecule has 0 bridgehead atoms. The Kier molecular flexibility index (Phi) is 4.66. The second kappa shape index (κ2) is 6.46. The van der Waals surface area contributed by atoms with Crippen LogP contribution in [-0.2, 0) is 0 Å². The lowest BCUT2D eigenvalue weighted by Crippen LogP contribution is -2.15. The summed E-state index contributed by atoms with van der Waals surface area (Å²) in [5.41, 5.74) is 5.86. The fourth-order valence-corrected chi connectivity index (χ4v) is 2.31. The first-order valence-corrected chi connectivity index (χ1v) is 7.14. The van der Waals surface area contributed by atoms with E-state index in [1.54, 1.807) is 6.07 Å². The summed E-state index contributed by atoms with van der Waals surface area (Å²) in [7, 11) is 0. The summed E-state index contributed by atoms with van der Waals surface area (Å²) in [6, 6.07) is 7.23. The van der Waals surface area contributed by atoms with Crippen LogP contribution < -0.4 is 10.5 Å². The number of fused-ring (bicyclic) bond motifs is 1. The number of primary amides is 1. The predicted octanol–water partition coefficient (Wildman–Crippen LogP) is 3.88. The molecule has 0 unspecified atom stereocenters. The van der Waals surface area contributed by atoms with Gasteiger partial charge in [-0.25, -0.2) is 0 Å². The number of furan rings is 1. The molecule has 0 saturated heterocycles. The Morgan fingerprint density at radius 1 is 1.25 bits per heavy atom. The van der Waals surface area contributed by atoms with Gasteiger partial charge in [0.25, 0.3) is 5.91 Å². The highest BCUT2D eigenvalue weighted by atomic mass is 16.5. The number of carbonyl (C=O) groups is 1. The van der Waals surface area contributed by atoms with Gasteiger partial charge >= 0.3 is 0 Å². The number of rotatable bonds is 7. The van der Waals surface area contributed by atoms with Crippen molar-refractivity contribution in [1.82, 2.24) is 0 Å². The van der Waals surface area contributed by atoms with Crippen molar-refractivity contribution in [2.45, 2.75) is 45.6 Å². The minimum atomic E-state index is -0.557. The first kappa shape index (κ1) is 14.4. The third-order valence-electron chi connectivity index (χ3n) is 3.25. The Morgan fingerprint density at radius 2 is 1.95 bits per heavy atom. The van der Waals surface area contributed by atoms with E-state index in [0.717, 1.165) is 36.8 Å². The average Bonchev–Trinajstić information content (AvgIpc) is 2.82. The Hall–Kier alpha value is -1.97. The molecule has 0 spiro atoms. The molecule has 2 aromatic rings. The Morgan fingerprint density at radius 3 is 2.55 bits per heavy atom. The van der Waals surface area contributed by atoms with Crippen LogP contribution in [0.4, 0.5) is 0 Å². The largest absolute Gasteiger partial charge is 0.490 e. The molecule has 0 aliphatic rings. The second-order valence-electron chi connectivity index (χ2n) is 4.99. The van der Waals surface area contributed by atoms with Crippen molar-refractivity contribution >= 4 is 16.9 Å². The summed E-state index contributed by atoms with van der Waals surface area (Å²) < 4.78 is 11.4. The zero-order chi connectivity index (χ0) is 14.5. The third-order valence-corrected chi connectivity index (χ3v) is 3.25. The van der Waals surface area contributed by atoms with E-state index < -0.39 is 5.91 Å². The van der Waals surface area contributed by atoms with Crippen molar-refractivity contribution in [1.29, 1.82) is 0 Å². The SMILES string of the molecule is CCCC(CCC)Oc1ccc2oc(C(N)=O)cc2c1. The molecular formula is C16H21NO3. The molecule has 0 atom stereocenters. The van der Waals surface area contributed by atoms with Gasteiger partial charge in [0, 0.05) is 5.39 Å². The summed E-state index contributed by atoms with van der Waals surface area (Å²) in [5, 5.41) is 0.836. The molecule has 0 aliphatic carbocycles. The predicted molar refractivity (Wildman–Crippen MR) is 79.0 cm³/mol. The summed E-state index contributed by atoms with van der Waals surface area (Å²) in [4.78, 5) is 11.1.